The molecule has 108 valence electrons. The predicted octanol–water partition coefficient (Wildman–Crippen LogP) is -0.222. The maximum Gasteiger partial charge on any atom is 0.341 e. The van der Waals surface area contributed by atoms with Gasteiger partial charge in [-0.25, -0.2) is 17.9 Å². The van der Waals surface area contributed by atoms with Crippen LogP contribution in [0.1, 0.15) is 22.5 Å². The van der Waals surface area contributed by atoms with Crippen molar-refractivity contribution in [2.75, 3.05) is 24.7 Å². The highest BCUT2D eigenvalue weighted by atomic mass is 32.2. The quantitative estimate of drug-likeness (QED) is 0.598. The number of hydrogen-bond acceptors (Lipinski definition) is 5. The summed E-state index contributed by atoms with van der Waals surface area (Å²) in [5.41, 5.74) is 0.574. The molecule has 0 aromatic carbocycles. The summed E-state index contributed by atoms with van der Waals surface area (Å²) in [5, 5.41) is 16.1. The van der Waals surface area contributed by atoms with Crippen LogP contribution in [-0.4, -0.2) is 48.6 Å². The standard InChI is InChI=1S/C10H18N4O4S/c1-7-8(10(15)16)9(14(2)13-7)11-5-4-6-12-19(3,17)18/h11-12H,4-6H2,1-3H3,(H,15,16). The van der Waals surface area contributed by atoms with Crippen molar-refractivity contribution in [2.45, 2.75) is 13.3 Å². The van der Waals surface area contributed by atoms with Gasteiger partial charge in [0.15, 0.2) is 0 Å². The minimum Gasteiger partial charge on any atom is -0.477 e. The Morgan fingerprint density at radius 3 is 2.58 bits per heavy atom. The van der Waals surface area contributed by atoms with Gasteiger partial charge >= 0.3 is 5.97 Å². The topological polar surface area (TPSA) is 113 Å². The number of nitrogens with one attached hydrogen (secondary N) is 2. The minimum absolute atomic E-state index is 0.138. The number of aromatic carboxylic acids is 1. The third kappa shape index (κ3) is 4.52. The van der Waals surface area contributed by atoms with Crippen molar-refractivity contribution in [3.63, 3.8) is 0 Å². The van der Waals surface area contributed by atoms with Gasteiger partial charge in [-0.1, -0.05) is 0 Å². The predicted molar refractivity (Wildman–Crippen MR) is 70.9 cm³/mol. The number of carboxylic acids is 1. The van der Waals surface area contributed by atoms with Crippen LogP contribution >= 0.6 is 0 Å². The first-order valence-electron chi connectivity index (χ1n) is 5.67. The SMILES string of the molecule is Cc1nn(C)c(NCCCNS(C)(=O)=O)c1C(=O)O. The molecule has 0 aliphatic carbocycles. The van der Waals surface area contributed by atoms with Crippen LogP contribution in [0.5, 0.6) is 0 Å². The Hall–Kier alpha value is -1.61. The molecular weight excluding hydrogens is 272 g/mol. The summed E-state index contributed by atoms with van der Waals surface area (Å²) in [5.74, 6) is -0.619. The van der Waals surface area contributed by atoms with Gasteiger partial charge in [0, 0.05) is 20.1 Å². The lowest BCUT2D eigenvalue weighted by molar-refractivity contribution is 0.0697. The number of anilines is 1. The summed E-state index contributed by atoms with van der Waals surface area (Å²) in [6.45, 7) is 2.37. The molecule has 1 rings (SSSR count). The fourth-order valence-electron chi connectivity index (χ4n) is 1.67. The molecule has 0 radical (unpaired) electrons. The lowest BCUT2D eigenvalue weighted by Crippen LogP contribution is -2.24. The summed E-state index contributed by atoms with van der Waals surface area (Å²) >= 11 is 0. The van der Waals surface area contributed by atoms with Crippen LogP contribution < -0.4 is 10.0 Å². The molecule has 0 aliphatic rings. The second-order valence-corrected chi connectivity index (χ2v) is 6.02. The average molecular weight is 290 g/mol. The number of carboxylic acid groups (broad SMARTS) is 1. The maximum atomic E-state index is 11.1. The molecule has 0 unspecified atom stereocenters. The van der Waals surface area contributed by atoms with E-state index in [4.69, 9.17) is 5.11 Å². The highest BCUT2D eigenvalue weighted by molar-refractivity contribution is 7.88. The van der Waals surface area contributed by atoms with Gasteiger partial charge in [-0.15, -0.1) is 0 Å². The van der Waals surface area contributed by atoms with Gasteiger partial charge in [0.2, 0.25) is 10.0 Å². The number of hydrogen-bond donors (Lipinski definition) is 3. The van der Waals surface area contributed by atoms with E-state index >= 15 is 0 Å². The number of sulfonamides is 1. The molecule has 8 nitrogen and oxygen atoms in total. The van der Waals surface area contributed by atoms with Crippen LogP contribution in [0.3, 0.4) is 0 Å². The molecule has 0 amide bonds. The number of nitrogens with zero attached hydrogens (tertiary/aromatic N) is 2. The molecule has 0 fully saturated rings. The highest BCUT2D eigenvalue weighted by Crippen LogP contribution is 2.18. The zero-order valence-electron chi connectivity index (χ0n) is 11.1. The van der Waals surface area contributed by atoms with Crippen LogP contribution in [0.4, 0.5) is 5.82 Å². The second-order valence-electron chi connectivity index (χ2n) is 4.18. The molecule has 1 heterocycles. The fourth-order valence-corrected chi connectivity index (χ4v) is 2.18. The zero-order valence-corrected chi connectivity index (χ0v) is 11.9. The smallest absolute Gasteiger partial charge is 0.341 e. The molecule has 3 N–H and O–H groups in total. The Bertz CT molecular complexity index is 564. The van der Waals surface area contributed by atoms with E-state index in [1.165, 1.54) is 4.68 Å². The largest absolute Gasteiger partial charge is 0.477 e. The van der Waals surface area contributed by atoms with E-state index in [0.29, 0.717) is 31.0 Å². The molecule has 1 aromatic rings. The molecule has 19 heavy (non-hydrogen) atoms. The number of carbonyl (C=O) groups is 1. The van der Waals surface area contributed by atoms with Gasteiger partial charge < -0.3 is 10.4 Å². The normalized spacial score (nSPS) is 11.5. The van der Waals surface area contributed by atoms with E-state index in [2.05, 4.69) is 15.1 Å². The molecule has 0 spiro atoms. The van der Waals surface area contributed by atoms with E-state index in [1.54, 1.807) is 14.0 Å². The number of aromatic nitrogens is 2. The summed E-state index contributed by atoms with van der Waals surface area (Å²) in [4.78, 5) is 11.1. The molecule has 0 bridgehead atoms. The van der Waals surface area contributed by atoms with Crippen molar-refractivity contribution < 1.29 is 18.3 Å². The first-order chi connectivity index (χ1) is 8.72. The Labute approximate surface area is 111 Å². The van der Waals surface area contributed by atoms with E-state index in [0.717, 1.165) is 6.26 Å². The van der Waals surface area contributed by atoms with Crippen LogP contribution in [0.2, 0.25) is 0 Å². The molecule has 0 aliphatic heterocycles. The maximum absolute atomic E-state index is 11.1. The van der Waals surface area contributed by atoms with Crippen LogP contribution in [0.25, 0.3) is 0 Å². The van der Waals surface area contributed by atoms with Gasteiger partial charge in [0.25, 0.3) is 0 Å². The van der Waals surface area contributed by atoms with Gasteiger partial charge in [-0.2, -0.15) is 5.10 Å². The van der Waals surface area contributed by atoms with Crippen LogP contribution in [-0.2, 0) is 17.1 Å². The fraction of sp³-hybridized carbons (Fsp3) is 0.600. The Morgan fingerprint density at radius 1 is 1.42 bits per heavy atom. The van der Waals surface area contributed by atoms with Crippen molar-refractivity contribution in [1.29, 1.82) is 0 Å². The summed E-state index contributed by atoms with van der Waals surface area (Å²) < 4.78 is 25.5. The van der Waals surface area contributed by atoms with E-state index in [-0.39, 0.29) is 5.56 Å². The monoisotopic (exact) mass is 290 g/mol. The van der Waals surface area contributed by atoms with E-state index in [9.17, 15) is 13.2 Å². The molecule has 9 heteroatoms. The molecule has 0 atom stereocenters. The zero-order chi connectivity index (χ0) is 14.6. The lowest BCUT2D eigenvalue weighted by atomic mass is 10.2. The van der Waals surface area contributed by atoms with Crippen molar-refractivity contribution in [2.24, 2.45) is 7.05 Å². The molecule has 0 saturated heterocycles. The number of rotatable bonds is 7. The summed E-state index contributed by atoms with van der Waals surface area (Å²) in [6, 6.07) is 0. The Balaban J connectivity index is 2.57. The summed E-state index contributed by atoms with van der Waals surface area (Å²) in [6.07, 6.45) is 1.63. The minimum atomic E-state index is -3.18. The third-order valence-electron chi connectivity index (χ3n) is 2.45. The highest BCUT2D eigenvalue weighted by Gasteiger charge is 2.18. The second kappa shape index (κ2) is 6.02. The first-order valence-corrected chi connectivity index (χ1v) is 7.57. The Morgan fingerprint density at radius 2 is 2.05 bits per heavy atom. The van der Waals surface area contributed by atoms with Crippen LogP contribution in [0, 0.1) is 6.92 Å². The van der Waals surface area contributed by atoms with E-state index in [1.807, 2.05) is 0 Å². The Kier molecular flexibility index (Phi) is 4.90. The van der Waals surface area contributed by atoms with Gasteiger partial charge in [-0.3, -0.25) is 4.68 Å². The first kappa shape index (κ1) is 15.4. The van der Waals surface area contributed by atoms with Gasteiger partial charge in [0.05, 0.1) is 11.9 Å². The third-order valence-corrected chi connectivity index (χ3v) is 3.17. The average Bonchev–Trinajstić information content (AvgIpc) is 2.51. The lowest BCUT2D eigenvalue weighted by Gasteiger charge is -2.08. The number of aryl methyl sites for hydroxylation is 2. The molecular formula is C10H18N4O4S. The van der Waals surface area contributed by atoms with Crippen molar-refractivity contribution >= 4 is 21.8 Å². The molecule has 0 saturated carbocycles. The van der Waals surface area contributed by atoms with Crippen molar-refractivity contribution in [3.05, 3.63) is 11.3 Å². The van der Waals surface area contributed by atoms with Crippen molar-refractivity contribution in [3.8, 4) is 0 Å². The van der Waals surface area contributed by atoms with Gasteiger partial charge in [-0.05, 0) is 13.3 Å². The van der Waals surface area contributed by atoms with Crippen molar-refractivity contribution in [1.82, 2.24) is 14.5 Å². The van der Waals surface area contributed by atoms with E-state index < -0.39 is 16.0 Å². The van der Waals surface area contributed by atoms with Crippen LogP contribution in [0.15, 0.2) is 0 Å². The summed E-state index contributed by atoms with van der Waals surface area (Å²) in [7, 11) is -1.53. The molecule has 1 aromatic heterocycles. The van der Waals surface area contributed by atoms with Gasteiger partial charge in [0.1, 0.15) is 11.4 Å².